The van der Waals surface area contributed by atoms with Crippen molar-refractivity contribution in [3.8, 4) is 0 Å². The molecule has 0 radical (unpaired) electrons. The maximum Gasteiger partial charge on any atom is 0.264 e. The van der Waals surface area contributed by atoms with Crippen molar-refractivity contribution < 1.29 is 23.6 Å². The van der Waals surface area contributed by atoms with Crippen LogP contribution in [0.4, 0.5) is 10.1 Å². The topological polar surface area (TPSA) is 98.8 Å². The van der Waals surface area contributed by atoms with Crippen LogP contribution in [0.1, 0.15) is 57.5 Å². The van der Waals surface area contributed by atoms with Gasteiger partial charge in [0.05, 0.1) is 11.1 Å². The highest BCUT2D eigenvalue weighted by Crippen LogP contribution is 2.53. The lowest BCUT2D eigenvalue weighted by Crippen LogP contribution is -2.54. The molecule has 3 aliphatic heterocycles. The SMILES string of the molecule is O=C1CCC(N2C(=O)c3cccc(NCc4ccc(CN5CC6(CC6)C5)cc4F)c3C2=O)C(=O)N1. The van der Waals surface area contributed by atoms with Gasteiger partial charge in [-0.25, -0.2) is 4.39 Å². The number of carbonyl (C=O) groups excluding carboxylic acids is 4. The Bertz CT molecular complexity index is 1280. The molecule has 4 amide bonds. The molecule has 4 aliphatic rings. The van der Waals surface area contributed by atoms with E-state index in [1.807, 2.05) is 6.07 Å². The number of amides is 4. The zero-order valence-electron chi connectivity index (χ0n) is 19.1. The van der Waals surface area contributed by atoms with E-state index in [2.05, 4.69) is 15.5 Å². The first-order chi connectivity index (χ1) is 16.8. The molecule has 2 saturated heterocycles. The van der Waals surface area contributed by atoms with E-state index in [0.717, 1.165) is 30.1 Å². The van der Waals surface area contributed by atoms with E-state index in [-0.39, 0.29) is 36.3 Å². The number of halogens is 1. The summed E-state index contributed by atoms with van der Waals surface area (Å²) >= 11 is 0. The zero-order chi connectivity index (χ0) is 24.3. The molecule has 35 heavy (non-hydrogen) atoms. The fourth-order valence-electron chi connectivity index (χ4n) is 5.45. The molecular formula is C26H25FN4O4. The lowest BCUT2D eigenvalue weighted by atomic mass is 9.96. The molecule has 1 aliphatic carbocycles. The summed E-state index contributed by atoms with van der Waals surface area (Å²) < 4.78 is 14.8. The highest BCUT2D eigenvalue weighted by molar-refractivity contribution is 6.25. The number of hydrogen-bond acceptors (Lipinski definition) is 6. The van der Waals surface area contributed by atoms with E-state index in [1.54, 1.807) is 24.3 Å². The van der Waals surface area contributed by atoms with Crippen molar-refractivity contribution in [1.29, 1.82) is 0 Å². The van der Waals surface area contributed by atoms with E-state index < -0.39 is 29.7 Å². The zero-order valence-corrected chi connectivity index (χ0v) is 19.1. The van der Waals surface area contributed by atoms with Crippen molar-refractivity contribution in [3.63, 3.8) is 0 Å². The van der Waals surface area contributed by atoms with Crippen LogP contribution in [0.5, 0.6) is 0 Å². The van der Waals surface area contributed by atoms with Crippen molar-refractivity contribution in [2.24, 2.45) is 5.41 Å². The minimum absolute atomic E-state index is 0.0584. The number of imide groups is 2. The molecule has 6 rings (SSSR count). The number of benzene rings is 2. The molecule has 1 spiro atoms. The van der Waals surface area contributed by atoms with Crippen molar-refractivity contribution >= 4 is 29.3 Å². The number of anilines is 1. The average molecular weight is 477 g/mol. The molecule has 1 saturated carbocycles. The summed E-state index contributed by atoms with van der Waals surface area (Å²) in [4.78, 5) is 53.2. The first-order valence-electron chi connectivity index (χ1n) is 11.9. The Morgan fingerprint density at radius 1 is 1.06 bits per heavy atom. The van der Waals surface area contributed by atoms with Crippen LogP contribution < -0.4 is 10.6 Å². The van der Waals surface area contributed by atoms with Gasteiger partial charge in [-0.05, 0) is 48.4 Å². The second kappa shape index (κ2) is 7.98. The second-order valence-electron chi connectivity index (χ2n) is 10.1. The summed E-state index contributed by atoms with van der Waals surface area (Å²) in [7, 11) is 0. The summed E-state index contributed by atoms with van der Waals surface area (Å²) in [6.45, 7) is 3.07. The Hall–Kier alpha value is -3.59. The predicted octanol–water partition coefficient (Wildman–Crippen LogP) is 2.43. The van der Waals surface area contributed by atoms with Gasteiger partial charge < -0.3 is 5.32 Å². The molecule has 1 atom stereocenters. The van der Waals surface area contributed by atoms with Gasteiger partial charge in [0.2, 0.25) is 11.8 Å². The Balaban J connectivity index is 1.16. The van der Waals surface area contributed by atoms with Crippen LogP contribution in [0, 0.1) is 11.2 Å². The predicted molar refractivity (Wildman–Crippen MR) is 124 cm³/mol. The van der Waals surface area contributed by atoms with Crippen LogP contribution >= 0.6 is 0 Å². The fraction of sp³-hybridized carbons (Fsp3) is 0.385. The molecule has 2 aromatic carbocycles. The third-order valence-corrected chi connectivity index (χ3v) is 7.54. The molecule has 9 heteroatoms. The number of nitrogens with zero attached hydrogens (tertiary/aromatic N) is 2. The molecule has 1 unspecified atom stereocenters. The third kappa shape index (κ3) is 3.80. The van der Waals surface area contributed by atoms with Crippen molar-refractivity contribution in [2.45, 2.75) is 44.8 Å². The molecule has 2 N–H and O–H groups in total. The van der Waals surface area contributed by atoms with E-state index in [1.165, 1.54) is 18.9 Å². The summed E-state index contributed by atoms with van der Waals surface area (Å²) in [5.74, 6) is -2.57. The number of hydrogen-bond donors (Lipinski definition) is 2. The fourth-order valence-corrected chi connectivity index (χ4v) is 5.45. The van der Waals surface area contributed by atoms with Crippen LogP contribution in [-0.4, -0.2) is 52.6 Å². The van der Waals surface area contributed by atoms with E-state index >= 15 is 0 Å². The lowest BCUT2D eigenvalue weighted by molar-refractivity contribution is -0.136. The molecule has 3 fully saturated rings. The molecule has 3 heterocycles. The third-order valence-electron chi connectivity index (χ3n) is 7.54. The van der Waals surface area contributed by atoms with Crippen molar-refractivity contribution in [3.05, 3.63) is 64.5 Å². The van der Waals surface area contributed by atoms with Gasteiger partial charge in [-0.1, -0.05) is 18.2 Å². The Labute approximate surface area is 201 Å². The van der Waals surface area contributed by atoms with Gasteiger partial charge in [0.25, 0.3) is 11.8 Å². The quantitative estimate of drug-likeness (QED) is 0.622. The summed E-state index contributed by atoms with van der Waals surface area (Å²) in [6.07, 6.45) is 2.77. The standard InChI is InChI=1S/C26H25FN4O4/c27-18-10-15(12-30-13-26(14-30)8-9-26)4-5-16(18)11-28-19-3-1-2-17-22(19)25(35)31(24(17)34)20-6-7-21(32)29-23(20)33/h1-5,10,20,28H,6-9,11-14H2,(H,29,32,33). The Morgan fingerprint density at radius 3 is 2.57 bits per heavy atom. The number of nitrogens with one attached hydrogen (secondary N) is 2. The molecule has 0 bridgehead atoms. The number of fused-ring (bicyclic) bond motifs is 1. The highest BCUT2D eigenvalue weighted by Gasteiger charge is 2.51. The monoisotopic (exact) mass is 476 g/mol. The second-order valence-corrected chi connectivity index (χ2v) is 10.1. The van der Waals surface area contributed by atoms with Gasteiger partial charge >= 0.3 is 0 Å². The number of likely N-dealkylation sites (tertiary alicyclic amines) is 1. The van der Waals surface area contributed by atoms with Gasteiger partial charge in [-0.15, -0.1) is 0 Å². The number of piperidine rings is 1. The number of carbonyl (C=O) groups is 4. The highest BCUT2D eigenvalue weighted by atomic mass is 19.1. The van der Waals surface area contributed by atoms with E-state index in [9.17, 15) is 23.6 Å². The first-order valence-corrected chi connectivity index (χ1v) is 11.9. The van der Waals surface area contributed by atoms with Crippen LogP contribution in [0.25, 0.3) is 0 Å². The van der Waals surface area contributed by atoms with E-state index in [4.69, 9.17) is 0 Å². The molecule has 0 aromatic heterocycles. The largest absolute Gasteiger partial charge is 0.380 e. The maximum absolute atomic E-state index is 14.8. The van der Waals surface area contributed by atoms with Gasteiger partial charge in [-0.2, -0.15) is 0 Å². The summed E-state index contributed by atoms with van der Waals surface area (Å²) in [5.41, 5.74) is 2.68. The van der Waals surface area contributed by atoms with Crippen molar-refractivity contribution in [1.82, 2.24) is 15.1 Å². The van der Waals surface area contributed by atoms with Crippen LogP contribution in [-0.2, 0) is 22.7 Å². The molecule has 8 nitrogen and oxygen atoms in total. The normalized spacial score (nSPS) is 22.8. The van der Waals surface area contributed by atoms with Gasteiger partial charge in [0.15, 0.2) is 0 Å². The van der Waals surface area contributed by atoms with Gasteiger partial charge in [-0.3, -0.25) is 34.3 Å². The minimum atomic E-state index is -1.03. The van der Waals surface area contributed by atoms with Crippen LogP contribution in [0.15, 0.2) is 36.4 Å². The Morgan fingerprint density at radius 2 is 1.86 bits per heavy atom. The number of rotatable bonds is 6. The summed E-state index contributed by atoms with van der Waals surface area (Å²) in [6, 6.07) is 9.02. The minimum Gasteiger partial charge on any atom is -0.380 e. The van der Waals surface area contributed by atoms with Gasteiger partial charge in [0.1, 0.15) is 11.9 Å². The van der Waals surface area contributed by atoms with Crippen molar-refractivity contribution in [2.75, 3.05) is 18.4 Å². The van der Waals surface area contributed by atoms with Crippen LogP contribution in [0.3, 0.4) is 0 Å². The lowest BCUT2D eigenvalue weighted by Gasteiger charge is -2.40. The molecular weight excluding hydrogens is 451 g/mol. The first kappa shape index (κ1) is 21.9. The van der Waals surface area contributed by atoms with E-state index in [0.29, 0.717) is 16.7 Å². The average Bonchev–Trinajstić information content (AvgIpc) is 3.56. The van der Waals surface area contributed by atoms with Crippen LogP contribution in [0.2, 0.25) is 0 Å². The molecule has 180 valence electrons. The maximum atomic E-state index is 14.8. The molecule has 2 aromatic rings. The smallest absolute Gasteiger partial charge is 0.264 e. The Kier molecular flexibility index (Phi) is 5.00. The van der Waals surface area contributed by atoms with Gasteiger partial charge in [0, 0.05) is 43.9 Å². The summed E-state index contributed by atoms with van der Waals surface area (Å²) in [5, 5.41) is 5.28.